The van der Waals surface area contributed by atoms with Gasteiger partial charge < -0.3 is 15.2 Å². The summed E-state index contributed by atoms with van der Waals surface area (Å²) in [6, 6.07) is 2.38. The molecule has 1 aromatic heterocycles. The van der Waals surface area contributed by atoms with Gasteiger partial charge in [-0.25, -0.2) is 23.2 Å². The molecule has 0 unspecified atom stereocenters. The molecule has 0 spiro atoms. The van der Waals surface area contributed by atoms with Crippen molar-refractivity contribution >= 4 is 13.8 Å². The van der Waals surface area contributed by atoms with Crippen LogP contribution >= 0.6 is 7.91 Å². The highest BCUT2D eigenvalue weighted by molar-refractivity contribution is 7.24. The fourth-order valence-electron chi connectivity index (χ4n) is 2.98. The number of fused-ring (bicyclic) bond motifs is 1. The standard InChI is InChI=1S/C16H16F5N5O.HO4P.H2/c17-10-2-1-9(12(18)6-10)5-11(22)7-14(27)25-3-4-26-13(8-25)23-24-15(26)16(19,20)21;1-4-5(2)3;/h1-2,6,11H,3-5,7-8,22H2;1H;1H/t11-;;/m1../s1. The molecule has 2 heterocycles. The monoisotopic (exact) mass is 487 g/mol. The normalized spacial score (nSPS) is 14.3. The minimum absolute atomic E-state index is 0. The second kappa shape index (κ2) is 10.7. The Balaban J connectivity index is 0.000000821. The fraction of sp³-hybridized carbons (Fsp3) is 0.438. The first-order valence-electron chi connectivity index (χ1n) is 8.84. The molecule has 0 saturated carbocycles. The average molecular weight is 487 g/mol. The van der Waals surface area contributed by atoms with Crippen LogP contribution in [0.1, 0.15) is 25.1 Å². The number of amides is 1. The maximum absolute atomic E-state index is 13.7. The van der Waals surface area contributed by atoms with Gasteiger partial charge in [-0.2, -0.15) is 13.2 Å². The predicted octanol–water partition coefficient (Wildman–Crippen LogP) is 2.69. The van der Waals surface area contributed by atoms with E-state index in [0.717, 1.165) is 16.7 Å². The van der Waals surface area contributed by atoms with E-state index in [9.17, 15) is 26.7 Å². The summed E-state index contributed by atoms with van der Waals surface area (Å²) in [5.41, 5.74) is 6.07. The molecule has 1 aromatic carbocycles. The number of nitrogens with two attached hydrogens (primary N) is 1. The van der Waals surface area contributed by atoms with Crippen molar-refractivity contribution in [2.75, 3.05) is 6.54 Å². The quantitative estimate of drug-likeness (QED) is 0.284. The molecule has 32 heavy (non-hydrogen) atoms. The van der Waals surface area contributed by atoms with Gasteiger partial charge in [0.15, 0.2) is 5.82 Å². The Bertz CT molecular complexity index is 1030. The number of hydrogen-bond acceptors (Lipinski definition) is 8. The zero-order chi connectivity index (χ0) is 24.1. The first kappa shape index (κ1) is 25.5. The first-order valence-corrected chi connectivity index (χ1v) is 9.94. The lowest BCUT2D eigenvalue weighted by molar-refractivity contribution is -0.148. The molecule has 3 rings (SSSR count). The number of hydrogen-bond donors (Lipinski definition) is 2. The van der Waals surface area contributed by atoms with Gasteiger partial charge in [-0.15, -0.1) is 14.9 Å². The molecule has 1 aliphatic heterocycles. The summed E-state index contributed by atoms with van der Waals surface area (Å²) in [5, 5.41) is 13.7. The molecular weight excluding hydrogens is 468 g/mol. The molecule has 1 atom stereocenters. The van der Waals surface area contributed by atoms with Gasteiger partial charge in [0.05, 0.1) is 6.54 Å². The zero-order valence-electron chi connectivity index (χ0n) is 16.1. The summed E-state index contributed by atoms with van der Waals surface area (Å²) >= 11 is 0. The molecule has 16 heteroatoms. The van der Waals surface area contributed by atoms with Crippen LogP contribution in [0.2, 0.25) is 0 Å². The highest BCUT2D eigenvalue weighted by Gasteiger charge is 2.39. The van der Waals surface area contributed by atoms with Crippen LogP contribution in [0, 0.1) is 11.6 Å². The van der Waals surface area contributed by atoms with Crippen LogP contribution in [0.25, 0.3) is 0 Å². The maximum atomic E-state index is 13.7. The number of halogens is 5. The highest BCUT2D eigenvalue weighted by Crippen LogP contribution is 2.29. The van der Waals surface area contributed by atoms with Crippen molar-refractivity contribution in [3.63, 3.8) is 0 Å². The summed E-state index contributed by atoms with van der Waals surface area (Å²) in [6.07, 6.45) is -4.71. The molecule has 10 nitrogen and oxygen atoms in total. The van der Waals surface area contributed by atoms with Crippen LogP contribution < -0.4 is 5.73 Å². The van der Waals surface area contributed by atoms with Crippen LogP contribution in [-0.2, 0) is 44.3 Å². The third-order valence-electron chi connectivity index (χ3n) is 4.36. The van der Waals surface area contributed by atoms with E-state index < -0.39 is 37.6 Å². The second-order valence-corrected chi connectivity index (χ2v) is 7.22. The Morgan fingerprint density at radius 3 is 2.50 bits per heavy atom. The average Bonchev–Trinajstić information content (AvgIpc) is 3.14. The topological polar surface area (TPSA) is 141 Å². The lowest BCUT2D eigenvalue weighted by atomic mass is 10.0. The van der Waals surface area contributed by atoms with Gasteiger partial charge in [0.25, 0.3) is 0 Å². The predicted molar refractivity (Wildman–Crippen MR) is 97.2 cm³/mol. The van der Waals surface area contributed by atoms with E-state index in [1.807, 2.05) is 0 Å². The molecule has 1 aliphatic rings. The summed E-state index contributed by atoms with van der Waals surface area (Å²) in [6.45, 7) is -0.130. The molecular formula is C16H19F5N5O5P. The minimum atomic E-state index is -4.61. The zero-order valence-corrected chi connectivity index (χ0v) is 17.0. The maximum Gasteiger partial charge on any atom is 0.496 e. The molecule has 178 valence electrons. The van der Waals surface area contributed by atoms with E-state index in [2.05, 4.69) is 14.9 Å². The fourth-order valence-corrected chi connectivity index (χ4v) is 2.98. The molecule has 0 fully saturated rings. The molecule has 0 bridgehead atoms. The van der Waals surface area contributed by atoms with Gasteiger partial charge in [0.2, 0.25) is 11.7 Å². The van der Waals surface area contributed by atoms with Gasteiger partial charge in [-0.05, 0) is 18.1 Å². The number of alkyl halides is 3. The van der Waals surface area contributed by atoms with Gasteiger partial charge in [0.1, 0.15) is 11.6 Å². The van der Waals surface area contributed by atoms with E-state index in [-0.39, 0.29) is 51.2 Å². The van der Waals surface area contributed by atoms with E-state index >= 15 is 0 Å². The van der Waals surface area contributed by atoms with Crippen molar-refractivity contribution in [2.24, 2.45) is 5.73 Å². The van der Waals surface area contributed by atoms with Crippen molar-refractivity contribution in [3.8, 4) is 0 Å². The van der Waals surface area contributed by atoms with E-state index in [1.54, 1.807) is 0 Å². The number of nitrogens with zero attached hydrogens (tertiary/aromatic N) is 4. The van der Waals surface area contributed by atoms with Crippen molar-refractivity contribution in [3.05, 3.63) is 47.0 Å². The summed E-state index contributed by atoms with van der Waals surface area (Å²) < 4.78 is 86.6. The lowest BCUT2D eigenvalue weighted by Crippen LogP contribution is -2.42. The summed E-state index contributed by atoms with van der Waals surface area (Å²) in [4.78, 5) is 13.7. The molecule has 0 saturated heterocycles. The Hall–Kier alpha value is -2.74. The SMILES string of the molecule is N[C@@H](CC(=O)N1CCn2c(nnc2C(F)(F)F)C1)Cc1ccc(F)cc1F.O=P(=O)OO.[HH]. The molecule has 1 amide bonds. The lowest BCUT2D eigenvalue weighted by Gasteiger charge is -2.29. The van der Waals surface area contributed by atoms with Gasteiger partial charge in [-0.3, -0.25) is 4.79 Å². The van der Waals surface area contributed by atoms with E-state index in [4.69, 9.17) is 20.1 Å². The van der Waals surface area contributed by atoms with Crippen LogP contribution in [0.3, 0.4) is 0 Å². The molecule has 0 aliphatic carbocycles. The Morgan fingerprint density at radius 1 is 1.28 bits per heavy atom. The molecule has 2 aromatic rings. The summed E-state index contributed by atoms with van der Waals surface area (Å²) in [7, 11) is -3.04. The van der Waals surface area contributed by atoms with Crippen LogP contribution in [0.5, 0.6) is 0 Å². The number of benzene rings is 1. The van der Waals surface area contributed by atoms with E-state index in [1.165, 1.54) is 11.0 Å². The third kappa shape index (κ3) is 6.88. The third-order valence-corrected chi connectivity index (χ3v) is 4.49. The number of aromatic nitrogens is 3. The van der Waals surface area contributed by atoms with Crippen molar-refractivity contribution in [1.29, 1.82) is 0 Å². The Kier molecular flexibility index (Phi) is 8.55. The number of carbonyl (C=O) groups excluding carboxylic acids is 1. The van der Waals surface area contributed by atoms with Crippen LogP contribution in [-0.4, -0.2) is 43.4 Å². The number of rotatable bonds is 5. The van der Waals surface area contributed by atoms with Crippen LogP contribution in [0.15, 0.2) is 18.2 Å². The minimum Gasteiger partial charge on any atom is -0.333 e. The number of carbonyl (C=O) groups is 1. The first-order chi connectivity index (χ1) is 14.9. The van der Waals surface area contributed by atoms with Gasteiger partial charge in [-0.1, -0.05) is 6.07 Å². The van der Waals surface area contributed by atoms with Crippen molar-refractivity contribution in [1.82, 2.24) is 19.7 Å². The highest BCUT2D eigenvalue weighted by atomic mass is 31.1. The van der Waals surface area contributed by atoms with E-state index in [0.29, 0.717) is 0 Å². The van der Waals surface area contributed by atoms with Gasteiger partial charge >= 0.3 is 14.1 Å². The molecule has 0 radical (unpaired) electrons. The largest absolute Gasteiger partial charge is 0.496 e. The Morgan fingerprint density at radius 2 is 1.94 bits per heavy atom. The van der Waals surface area contributed by atoms with Crippen LogP contribution in [0.4, 0.5) is 22.0 Å². The smallest absolute Gasteiger partial charge is 0.333 e. The van der Waals surface area contributed by atoms with Crippen molar-refractivity contribution in [2.45, 2.75) is 38.1 Å². The second-order valence-electron chi connectivity index (χ2n) is 6.61. The Labute approximate surface area is 179 Å². The molecule has 3 N–H and O–H groups in total. The van der Waals surface area contributed by atoms with Crippen molar-refractivity contribution < 1.29 is 47.2 Å². The van der Waals surface area contributed by atoms with Gasteiger partial charge in [0, 0.05) is 33.0 Å². The summed E-state index contributed by atoms with van der Waals surface area (Å²) in [5.74, 6) is -2.89.